The molecule has 7 rings (SSSR count). The van der Waals surface area contributed by atoms with E-state index in [2.05, 4.69) is 36.6 Å². The second-order valence-corrected chi connectivity index (χ2v) is 10.5. The maximum absolute atomic E-state index is 13.7. The molecule has 0 spiro atoms. The Balaban J connectivity index is 1.54. The molecule has 2 aromatic heterocycles. The Hall–Kier alpha value is -7.13. The molecule has 7 nitrogen and oxygen atoms in total. The molecule has 0 aliphatic heterocycles. The van der Waals surface area contributed by atoms with E-state index in [9.17, 15) is 14.9 Å². The maximum atomic E-state index is 13.7. The van der Waals surface area contributed by atoms with Crippen molar-refractivity contribution in [3.63, 3.8) is 0 Å². The molecule has 0 N–H and O–H groups in total. The van der Waals surface area contributed by atoms with E-state index in [-0.39, 0.29) is 0 Å². The van der Waals surface area contributed by atoms with Gasteiger partial charge in [0.15, 0.2) is 11.4 Å². The van der Waals surface area contributed by atoms with Gasteiger partial charge in [-0.15, -0.1) is 10.2 Å². The van der Waals surface area contributed by atoms with Crippen LogP contribution in [0.5, 0.6) is 0 Å². The molecule has 0 atom stereocenters. The topological polar surface area (TPSA) is 87.0 Å². The Kier molecular flexibility index (Phi) is 6.73. The Morgan fingerprint density at radius 3 is 1.67 bits per heavy atom. The molecular formula is C38H18FN7. The van der Waals surface area contributed by atoms with Gasteiger partial charge in [-0.05, 0) is 101 Å². The summed E-state index contributed by atoms with van der Waals surface area (Å²) in [6.45, 7) is 15.0. The van der Waals surface area contributed by atoms with E-state index in [1.165, 1.54) is 6.07 Å². The van der Waals surface area contributed by atoms with E-state index >= 15 is 0 Å². The number of hydrogen-bond donors (Lipinski definition) is 0. The zero-order valence-electron chi connectivity index (χ0n) is 23.9. The number of hydrogen-bond acceptors (Lipinski definition) is 4. The van der Waals surface area contributed by atoms with Gasteiger partial charge in [0, 0.05) is 27.5 Å². The molecule has 8 heteroatoms. The van der Waals surface area contributed by atoms with Gasteiger partial charge < -0.3 is 4.57 Å². The maximum Gasteiger partial charge on any atom is 0.233 e. The second-order valence-electron chi connectivity index (χ2n) is 10.5. The molecule has 5 aromatic carbocycles. The Morgan fingerprint density at radius 2 is 1.17 bits per heavy atom. The van der Waals surface area contributed by atoms with E-state index in [0.717, 1.165) is 55.3 Å². The summed E-state index contributed by atoms with van der Waals surface area (Å²) in [5.74, 6) is -0.665. The summed E-state index contributed by atoms with van der Waals surface area (Å²) in [7, 11) is 0. The number of nitrogens with zero attached hydrogens (tertiary/aromatic N) is 7. The highest BCUT2D eigenvalue weighted by molar-refractivity contribution is 6.12. The third-order valence-electron chi connectivity index (χ3n) is 7.84. The average molecular weight is 592 g/mol. The zero-order valence-corrected chi connectivity index (χ0v) is 23.9. The summed E-state index contributed by atoms with van der Waals surface area (Å²) in [4.78, 5) is 7.11. The van der Waals surface area contributed by atoms with E-state index in [1.54, 1.807) is 42.5 Å². The van der Waals surface area contributed by atoms with E-state index in [0.29, 0.717) is 28.2 Å². The summed E-state index contributed by atoms with van der Waals surface area (Å²) in [6, 6.07) is 37.1. The van der Waals surface area contributed by atoms with E-state index < -0.39 is 5.95 Å². The van der Waals surface area contributed by atoms with Gasteiger partial charge in [-0.1, -0.05) is 30.3 Å². The van der Waals surface area contributed by atoms with Crippen LogP contribution in [0.15, 0.2) is 109 Å². The minimum atomic E-state index is -0.665. The molecule has 0 radical (unpaired) electrons. The van der Waals surface area contributed by atoms with Crippen molar-refractivity contribution in [1.29, 1.82) is 10.5 Å². The Morgan fingerprint density at radius 1 is 0.609 bits per heavy atom. The van der Waals surface area contributed by atoms with Crippen molar-refractivity contribution in [2.75, 3.05) is 0 Å². The lowest BCUT2D eigenvalue weighted by atomic mass is 9.98. The molecule has 0 saturated carbocycles. The number of halogens is 1. The summed E-state index contributed by atoms with van der Waals surface area (Å²) in [5, 5.41) is 28.7. The van der Waals surface area contributed by atoms with E-state index in [4.69, 9.17) is 13.1 Å². The Bertz CT molecular complexity index is 2340. The fourth-order valence-electron chi connectivity index (χ4n) is 5.80. The monoisotopic (exact) mass is 591 g/mol. The van der Waals surface area contributed by atoms with Gasteiger partial charge in [0.25, 0.3) is 0 Å². The van der Waals surface area contributed by atoms with Gasteiger partial charge in [0.2, 0.25) is 5.95 Å². The zero-order chi connectivity index (χ0) is 31.8. The van der Waals surface area contributed by atoms with Crippen LogP contribution in [-0.4, -0.2) is 14.8 Å². The van der Waals surface area contributed by atoms with Crippen LogP contribution in [0.25, 0.3) is 70.7 Å². The largest absolute Gasteiger partial charge is 0.309 e. The van der Waals surface area contributed by atoms with Crippen molar-refractivity contribution in [2.45, 2.75) is 0 Å². The molecule has 46 heavy (non-hydrogen) atoms. The molecular weight excluding hydrogens is 573 g/mol. The van der Waals surface area contributed by atoms with Crippen LogP contribution in [0.3, 0.4) is 0 Å². The first-order valence-corrected chi connectivity index (χ1v) is 14.0. The van der Waals surface area contributed by atoms with Crippen LogP contribution in [-0.2, 0) is 0 Å². The molecule has 0 bridgehead atoms. The molecule has 2 heterocycles. The van der Waals surface area contributed by atoms with Gasteiger partial charge in [0.05, 0.1) is 47.7 Å². The number of aromatic nitrogens is 3. The number of rotatable bonds is 4. The molecule has 0 unspecified atom stereocenters. The summed E-state index contributed by atoms with van der Waals surface area (Å²) >= 11 is 0. The predicted molar refractivity (Wildman–Crippen MR) is 175 cm³/mol. The molecule has 212 valence electrons. The highest BCUT2D eigenvalue weighted by atomic mass is 19.1. The molecule has 7 aromatic rings. The van der Waals surface area contributed by atoms with E-state index in [1.807, 2.05) is 60.7 Å². The molecule has 0 fully saturated rings. The minimum absolute atomic E-state index is 0.376. The number of benzene rings is 5. The summed E-state index contributed by atoms with van der Waals surface area (Å²) in [5.41, 5.74) is 8.55. The lowest BCUT2D eigenvalue weighted by Crippen LogP contribution is -1.99. The SMILES string of the molecule is [C-]#[N+]c1cc(C#N)cc(-c2ccc3c(c2)c2cc(-c4cc(C#N)cc([N+]#[C-])c4)ccc2n3-c2ccccc2-c2ccc(F)nn2)c1. The van der Waals surface area contributed by atoms with Crippen molar-refractivity contribution in [2.24, 2.45) is 0 Å². The highest BCUT2D eigenvalue weighted by Crippen LogP contribution is 2.40. The lowest BCUT2D eigenvalue weighted by molar-refractivity contribution is 0.564. The van der Waals surface area contributed by atoms with Crippen molar-refractivity contribution in [3.05, 3.63) is 149 Å². The predicted octanol–water partition coefficient (Wildman–Crippen LogP) is 9.56. The first-order valence-electron chi connectivity index (χ1n) is 14.0. The average Bonchev–Trinajstić information content (AvgIpc) is 3.44. The molecule has 0 aliphatic carbocycles. The first-order chi connectivity index (χ1) is 22.5. The van der Waals surface area contributed by atoms with Crippen LogP contribution in [0, 0.1) is 41.8 Å². The van der Waals surface area contributed by atoms with Crippen LogP contribution < -0.4 is 0 Å². The summed E-state index contributed by atoms with van der Waals surface area (Å²) < 4.78 is 15.8. The van der Waals surface area contributed by atoms with Crippen LogP contribution in [0.2, 0.25) is 0 Å². The van der Waals surface area contributed by atoms with Crippen molar-refractivity contribution >= 4 is 33.2 Å². The van der Waals surface area contributed by atoms with Gasteiger partial charge >= 0.3 is 0 Å². The van der Waals surface area contributed by atoms with Gasteiger partial charge in [-0.2, -0.15) is 14.9 Å². The van der Waals surface area contributed by atoms with Crippen LogP contribution in [0.4, 0.5) is 15.8 Å². The third kappa shape index (κ3) is 4.76. The van der Waals surface area contributed by atoms with Gasteiger partial charge in [-0.25, -0.2) is 9.69 Å². The standard InChI is InChI=1S/C38H18FN7/c1-42-29-15-23(21-40)13-27(17-29)25-7-10-36-32(19-25)33-20-26(28-14-24(22-41)16-30(18-28)43-2)8-11-37(33)46(36)35-6-4-3-5-31(35)34-9-12-38(39)45-44-34/h3-20H. The minimum Gasteiger partial charge on any atom is -0.309 e. The van der Waals surface area contributed by atoms with Crippen LogP contribution in [0.1, 0.15) is 11.1 Å². The first kappa shape index (κ1) is 27.7. The lowest BCUT2D eigenvalue weighted by Gasteiger charge is -2.13. The molecule has 0 amide bonds. The number of nitriles is 2. The number of fused-ring (bicyclic) bond motifs is 3. The fraction of sp³-hybridized carbons (Fsp3) is 0. The van der Waals surface area contributed by atoms with Gasteiger partial charge in [-0.3, -0.25) is 0 Å². The quantitative estimate of drug-likeness (QED) is 0.191. The summed E-state index contributed by atoms with van der Waals surface area (Å²) in [6.07, 6.45) is 0. The van der Waals surface area contributed by atoms with Crippen molar-refractivity contribution in [1.82, 2.24) is 14.8 Å². The van der Waals surface area contributed by atoms with Gasteiger partial charge in [0.1, 0.15) is 0 Å². The second kappa shape index (κ2) is 11.2. The highest BCUT2D eigenvalue weighted by Gasteiger charge is 2.18. The molecule has 0 saturated heterocycles. The Labute approximate surface area is 262 Å². The number of para-hydroxylation sites is 1. The smallest absolute Gasteiger partial charge is 0.233 e. The normalized spacial score (nSPS) is 10.6. The van der Waals surface area contributed by atoms with Crippen molar-refractivity contribution in [3.8, 4) is 51.3 Å². The van der Waals surface area contributed by atoms with Crippen LogP contribution >= 0.6 is 0 Å². The third-order valence-corrected chi connectivity index (χ3v) is 7.84. The van der Waals surface area contributed by atoms with Crippen molar-refractivity contribution < 1.29 is 4.39 Å². The molecule has 0 aliphatic rings. The fourth-order valence-corrected chi connectivity index (χ4v) is 5.80.